The van der Waals surface area contributed by atoms with Crippen molar-refractivity contribution in [2.75, 3.05) is 44.2 Å². The zero-order valence-corrected chi connectivity index (χ0v) is 13.0. The molecule has 7 nitrogen and oxygen atoms in total. The van der Waals surface area contributed by atoms with Crippen LogP contribution in [0.3, 0.4) is 0 Å². The first kappa shape index (κ1) is 17.6. The summed E-state index contributed by atoms with van der Waals surface area (Å²) in [5.41, 5.74) is 2.57. The van der Waals surface area contributed by atoms with Crippen LogP contribution in [-0.2, 0) is 15.9 Å². The standard InChI is InChI=1S/C14H27N5O2/c1-3-6-12-17-13(11-14(18-12)19-15)16-7-4-5-8-21-10-9-20-2/h11H,3-10,15H2,1-2H3,(H2,16,17,18,19). The Morgan fingerprint density at radius 1 is 1.14 bits per heavy atom. The van der Waals surface area contributed by atoms with Gasteiger partial charge in [-0.2, -0.15) is 0 Å². The molecule has 0 aliphatic rings. The molecule has 0 saturated carbocycles. The number of unbranched alkanes of at least 4 members (excludes halogenated alkanes) is 1. The highest BCUT2D eigenvalue weighted by molar-refractivity contribution is 5.46. The topological polar surface area (TPSA) is 94.3 Å². The molecule has 0 aliphatic carbocycles. The van der Waals surface area contributed by atoms with E-state index in [2.05, 4.69) is 27.6 Å². The number of ether oxygens (including phenoxy) is 2. The summed E-state index contributed by atoms with van der Waals surface area (Å²) in [7, 11) is 1.67. The van der Waals surface area contributed by atoms with Crippen LogP contribution in [0.5, 0.6) is 0 Å². The number of anilines is 2. The lowest BCUT2D eigenvalue weighted by molar-refractivity contribution is 0.0691. The number of nitrogens with one attached hydrogen (secondary N) is 2. The van der Waals surface area contributed by atoms with E-state index < -0.39 is 0 Å². The molecule has 0 radical (unpaired) electrons. The molecule has 0 saturated heterocycles. The molecule has 0 aromatic carbocycles. The second kappa shape index (κ2) is 11.2. The number of aryl methyl sites for hydroxylation is 1. The van der Waals surface area contributed by atoms with E-state index in [1.807, 2.05) is 6.07 Å². The second-order valence-electron chi connectivity index (χ2n) is 4.69. The van der Waals surface area contributed by atoms with Gasteiger partial charge in [-0.05, 0) is 19.3 Å². The van der Waals surface area contributed by atoms with Gasteiger partial charge in [0.25, 0.3) is 0 Å². The highest BCUT2D eigenvalue weighted by Gasteiger charge is 2.03. The van der Waals surface area contributed by atoms with Gasteiger partial charge in [0.05, 0.1) is 13.2 Å². The number of nitrogen functional groups attached to an aromatic ring is 1. The summed E-state index contributed by atoms with van der Waals surface area (Å²) in [6, 6.07) is 1.81. The Labute approximate surface area is 126 Å². The van der Waals surface area contributed by atoms with E-state index in [0.717, 1.165) is 50.5 Å². The lowest BCUT2D eigenvalue weighted by Crippen LogP contribution is -2.13. The Balaban J connectivity index is 2.26. The normalized spacial score (nSPS) is 10.6. The van der Waals surface area contributed by atoms with Crippen molar-refractivity contribution >= 4 is 11.6 Å². The summed E-state index contributed by atoms with van der Waals surface area (Å²) in [6.45, 7) is 5.00. The Morgan fingerprint density at radius 2 is 1.95 bits per heavy atom. The number of nitrogens with two attached hydrogens (primary N) is 1. The molecule has 0 fully saturated rings. The number of nitrogens with zero attached hydrogens (tertiary/aromatic N) is 2. The van der Waals surface area contributed by atoms with Crippen LogP contribution < -0.4 is 16.6 Å². The van der Waals surface area contributed by atoms with Crippen LogP contribution in [0.4, 0.5) is 11.6 Å². The SMILES string of the molecule is CCCc1nc(NN)cc(NCCCCOCCOC)n1. The van der Waals surface area contributed by atoms with Crippen molar-refractivity contribution in [3.05, 3.63) is 11.9 Å². The number of hydrogen-bond acceptors (Lipinski definition) is 7. The van der Waals surface area contributed by atoms with Crippen molar-refractivity contribution in [3.63, 3.8) is 0 Å². The van der Waals surface area contributed by atoms with E-state index in [9.17, 15) is 0 Å². The van der Waals surface area contributed by atoms with Crippen LogP contribution in [0.25, 0.3) is 0 Å². The molecule has 0 spiro atoms. The maximum absolute atomic E-state index is 5.42. The van der Waals surface area contributed by atoms with Crippen LogP contribution >= 0.6 is 0 Å². The number of methoxy groups -OCH3 is 1. The molecule has 1 heterocycles. The minimum Gasteiger partial charge on any atom is -0.382 e. The lowest BCUT2D eigenvalue weighted by Gasteiger charge is -2.09. The Bertz CT molecular complexity index is 390. The van der Waals surface area contributed by atoms with E-state index in [4.69, 9.17) is 15.3 Å². The maximum atomic E-state index is 5.42. The van der Waals surface area contributed by atoms with Gasteiger partial charge in [-0.15, -0.1) is 0 Å². The van der Waals surface area contributed by atoms with Gasteiger partial charge in [-0.1, -0.05) is 6.92 Å². The van der Waals surface area contributed by atoms with Crippen molar-refractivity contribution in [1.29, 1.82) is 0 Å². The average Bonchev–Trinajstić information content (AvgIpc) is 2.50. The molecule has 120 valence electrons. The molecular weight excluding hydrogens is 270 g/mol. The fourth-order valence-corrected chi connectivity index (χ4v) is 1.79. The fraction of sp³-hybridized carbons (Fsp3) is 0.714. The predicted molar refractivity (Wildman–Crippen MR) is 84.3 cm³/mol. The van der Waals surface area contributed by atoms with Crippen LogP contribution in [0, 0.1) is 0 Å². The first-order valence-electron chi connectivity index (χ1n) is 7.45. The smallest absolute Gasteiger partial charge is 0.145 e. The van der Waals surface area contributed by atoms with E-state index in [-0.39, 0.29) is 0 Å². The van der Waals surface area contributed by atoms with Gasteiger partial charge < -0.3 is 20.2 Å². The van der Waals surface area contributed by atoms with Gasteiger partial charge in [0.15, 0.2) is 0 Å². The molecule has 0 atom stereocenters. The molecule has 0 aliphatic heterocycles. The molecule has 0 unspecified atom stereocenters. The van der Waals surface area contributed by atoms with E-state index in [1.165, 1.54) is 0 Å². The van der Waals surface area contributed by atoms with Crippen molar-refractivity contribution < 1.29 is 9.47 Å². The van der Waals surface area contributed by atoms with E-state index >= 15 is 0 Å². The first-order valence-corrected chi connectivity index (χ1v) is 7.45. The maximum Gasteiger partial charge on any atom is 0.145 e. The summed E-state index contributed by atoms with van der Waals surface area (Å²) in [4.78, 5) is 8.77. The molecule has 7 heteroatoms. The number of rotatable bonds is 12. The quantitative estimate of drug-likeness (QED) is 0.306. The minimum atomic E-state index is 0.638. The minimum absolute atomic E-state index is 0.638. The molecule has 1 rings (SSSR count). The van der Waals surface area contributed by atoms with Gasteiger partial charge in [-0.25, -0.2) is 15.8 Å². The van der Waals surface area contributed by atoms with E-state index in [0.29, 0.717) is 19.0 Å². The third-order valence-electron chi connectivity index (χ3n) is 2.85. The van der Waals surface area contributed by atoms with Crippen molar-refractivity contribution in [2.24, 2.45) is 5.84 Å². The van der Waals surface area contributed by atoms with Gasteiger partial charge >= 0.3 is 0 Å². The first-order chi connectivity index (χ1) is 10.3. The summed E-state index contributed by atoms with van der Waals surface area (Å²) < 4.78 is 10.3. The van der Waals surface area contributed by atoms with Gasteiger partial charge in [0, 0.05) is 32.7 Å². The largest absolute Gasteiger partial charge is 0.382 e. The Hall–Kier alpha value is -1.44. The molecular formula is C14H27N5O2. The van der Waals surface area contributed by atoms with Gasteiger partial charge in [-0.3, -0.25) is 0 Å². The van der Waals surface area contributed by atoms with Crippen LogP contribution in [-0.4, -0.2) is 43.4 Å². The highest BCUT2D eigenvalue weighted by Crippen LogP contribution is 2.11. The predicted octanol–water partition coefficient (Wildman–Crippen LogP) is 1.57. The van der Waals surface area contributed by atoms with Gasteiger partial charge in [0.1, 0.15) is 17.5 Å². The molecule has 21 heavy (non-hydrogen) atoms. The molecule has 0 amide bonds. The third kappa shape index (κ3) is 7.79. The zero-order chi connectivity index (χ0) is 15.3. The third-order valence-corrected chi connectivity index (χ3v) is 2.85. The second-order valence-corrected chi connectivity index (χ2v) is 4.69. The summed E-state index contributed by atoms with van der Waals surface area (Å²) in [5, 5.41) is 3.29. The molecule has 0 bridgehead atoms. The zero-order valence-electron chi connectivity index (χ0n) is 13.0. The molecule has 4 N–H and O–H groups in total. The van der Waals surface area contributed by atoms with Crippen molar-refractivity contribution in [3.8, 4) is 0 Å². The summed E-state index contributed by atoms with van der Waals surface area (Å²) in [5.74, 6) is 7.67. The summed E-state index contributed by atoms with van der Waals surface area (Å²) >= 11 is 0. The average molecular weight is 297 g/mol. The monoisotopic (exact) mass is 297 g/mol. The van der Waals surface area contributed by atoms with Crippen LogP contribution in [0.15, 0.2) is 6.07 Å². The Kier molecular flexibility index (Phi) is 9.43. The number of hydrogen-bond donors (Lipinski definition) is 3. The van der Waals surface area contributed by atoms with E-state index in [1.54, 1.807) is 7.11 Å². The van der Waals surface area contributed by atoms with Gasteiger partial charge in [0.2, 0.25) is 0 Å². The molecule has 1 aromatic heterocycles. The van der Waals surface area contributed by atoms with Crippen LogP contribution in [0.2, 0.25) is 0 Å². The summed E-state index contributed by atoms with van der Waals surface area (Å²) in [6.07, 6.45) is 3.88. The fourth-order valence-electron chi connectivity index (χ4n) is 1.79. The highest BCUT2D eigenvalue weighted by atomic mass is 16.5. The Morgan fingerprint density at radius 3 is 2.67 bits per heavy atom. The number of hydrazine groups is 1. The lowest BCUT2D eigenvalue weighted by atomic mass is 10.3. The molecule has 1 aromatic rings. The van der Waals surface area contributed by atoms with Crippen molar-refractivity contribution in [1.82, 2.24) is 9.97 Å². The van der Waals surface area contributed by atoms with Crippen molar-refractivity contribution in [2.45, 2.75) is 32.6 Å². The van der Waals surface area contributed by atoms with Crippen LogP contribution in [0.1, 0.15) is 32.0 Å². The number of aromatic nitrogens is 2.